The highest BCUT2D eigenvalue weighted by atomic mass is 32.2. The van der Waals surface area contributed by atoms with Gasteiger partial charge in [-0.2, -0.15) is 0 Å². The van der Waals surface area contributed by atoms with E-state index >= 15 is 0 Å². The van der Waals surface area contributed by atoms with Crippen LogP contribution in [0.3, 0.4) is 0 Å². The van der Waals surface area contributed by atoms with E-state index in [1.807, 2.05) is 6.92 Å². The summed E-state index contributed by atoms with van der Waals surface area (Å²) in [5.41, 5.74) is 0.762. The normalized spacial score (nSPS) is 12.4. The molecule has 21 heavy (non-hydrogen) atoms. The average Bonchev–Trinajstić information content (AvgIpc) is 2.50. The summed E-state index contributed by atoms with van der Waals surface area (Å²) in [6, 6.07) is 6.86. The van der Waals surface area contributed by atoms with Gasteiger partial charge in [-0.05, 0) is 43.5 Å². The standard InChI is InChI=1S/C16H27NO3S/c1-4-11-21(19,20)15-9-7-14(8-10-15)17-12-16(5-2,6-3)13-18/h7-10,17-18H,4-6,11-13H2,1-3H3. The number of rotatable bonds is 9. The molecule has 0 atom stereocenters. The molecule has 0 bridgehead atoms. The Bertz CT molecular complexity index is 511. The molecule has 0 spiro atoms. The molecule has 4 nitrogen and oxygen atoms in total. The minimum Gasteiger partial charge on any atom is -0.396 e. The molecule has 1 rings (SSSR count). The van der Waals surface area contributed by atoms with Crippen molar-refractivity contribution in [3.63, 3.8) is 0 Å². The molecule has 1 aromatic carbocycles. The van der Waals surface area contributed by atoms with Gasteiger partial charge in [0.15, 0.2) is 9.84 Å². The van der Waals surface area contributed by atoms with Crippen LogP contribution < -0.4 is 5.32 Å². The Balaban J connectivity index is 2.76. The van der Waals surface area contributed by atoms with Crippen molar-refractivity contribution < 1.29 is 13.5 Å². The number of anilines is 1. The first-order valence-electron chi connectivity index (χ1n) is 7.60. The molecular formula is C16H27NO3S. The van der Waals surface area contributed by atoms with Gasteiger partial charge in [0, 0.05) is 17.6 Å². The second-order valence-corrected chi connectivity index (χ2v) is 7.67. The van der Waals surface area contributed by atoms with Gasteiger partial charge in [0.25, 0.3) is 0 Å². The molecule has 5 heteroatoms. The lowest BCUT2D eigenvalue weighted by atomic mass is 9.83. The molecule has 0 heterocycles. The molecule has 0 aliphatic heterocycles. The molecule has 0 aromatic heterocycles. The highest BCUT2D eigenvalue weighted by Crippen LogP contribution is 2.26. The van der Waals surface area contributed by atoms with Crippen molar-refractivity contribution in [1.82, 2.24) is 0 Å². The Morgan fingerprint density at radius 2 is 1.67 bits per heavy atom. The number of nitrogens with one attached hydrogen (secondary N) is 1. The van der Waals surface area contributed by atoms with E-state index in [1.165, 1.54) is 0 Å². The number of hydrogen-bond donors (Lipinski definition) is 2. The summed E-state index contributed by atoms with van der Waals surface area (Å²) in [6.45, 7) is 6.83. The smallest absolute Gasteiger partial charge is 0.178 e. The predicted molar refractivity (Wildman–Crippen MR) is 87.4 cm³/mol. The fraction of sp³-hybridized carbons (Fsp3) is 0.625. The van der Waals surface area contributed by atoms with E-state index in [-0.39, 0.29) is 17.8 Å². The van der Waals surface area contributed by atoms with Crippen molar-refractivity contribution in [3.8, 4) is 0 Å². The first-order valence-corrected chi connectivity index (χ1v) is 9.26. The fourth-order valence-corrected chi connectivity index (χ4v) is 3.56. The van der Waals surface area contributed by atoms with E-state index in [4.69, 9.17) is 0 Å². The Labute approximate surface area is 128 Å². The van der Waals surface area contributed by atoms with E-state index in [9.17, 15) is 13.5 Å². The number of sulfone groups is 1. The largest absolute Gasteiger partial charge is 0.396 e. The zero-order valence-electron chi connectivity index (χ0n) is 13.2. The van der Waals surface area contributed by atoms with E-state index in [1.54, 1.807) is 24.3 Å². The maximum Gasteiger partial charge on any atom is 0.178 e. The number of hydrogen-bond acceptors (Lipinski definition) is 4. The summed E-state index contributed by atoms with van der Waals surface area (Å²) in [7, 11) is -3.15. The summed E-state index contributed by atoms with van der Waals surface area (Å²) in [4.78, 5) is 0.370. The topological polar surface area (TPSA) is 66.4 Å². The van der Waals surface area contributed by atoms with E-state index in [0.717, 1.165) is 18.5 Å². The van der Waals surface area contributed by atoms with Crippen LogP contribution in [0.15, 0.2) is 29.2 Å². The molecule has 1 aromatic rings. The van der Waals surface area contributed by atoms with Gasteiger partial charge in [0.1, 0.15) is 0 Å². The summed E-state index contributed by atoms with van der Waals surface area (Å²) < 4.78 is 23.9. The third-order valence-corrected chi connectivity index (χ3v) is 6.13. The van der Waals surface area contributed by atoms with Crippen molar-refractivity contribution in [3.05, 3.63) is 24.3 Å². The second kappa shape index (κ2) is 7.80. The lowest BCUT2D eigenvalue weighted by molar-refractivity contribution is 0.127. The van der Waals surface area contributed by atoms with Gasteiger partial charge in [-0.15, -0.1) is 0 Å². The van der Waals surface area contributed by atoms with Crippen molar-refractivity contribution in [1.29, 1.82) is 0 Å². The molecule has 0 amide bonds. The van der Waals surface area contributed by atoms with Gasteiger partial charge < -0.3 is 10.4 Å². The molecule has 0 unspecified atom stereocenters. The first kappa shape index (κ1) is 18.0. The lowest BCUT2D eigenvalue weighted by Gasteiger charge is -2.30. The SMILES string of the molecule is CCCS(=O)(=O)c1ccc(NCC(CC)(CC)CO)cc1. The Kier molecular flexibility index (Phi) is 6.68. The molecule has 0 saturated heterocycles. The third-order valence-electron chi connectivity index (χ3n) is 4.19. The van der Waals surface area contributed by atoms with Crippen molar-refractivity contribution in [2.45, 2.75) is 44.9 Å². The fourth-order valence-electron chi connectivity index (χ4n) is 2.24. The molecule has 0 fully saturated rings. The van der Waals surface area contributed by atoms with Gasteiger partial charge in [-0.3, -0.25) is 0 Å². The van der Waals surface area contributed by atoms with Crippen LogP contribution in [0.4, 0.5) is 5.69 Å². The molecule has 0 aliphatic rings. The quantitative estimate of drug-likeness (QED) is 0.735. The monoisotopic (exact) mass is 313 g/mol. The molecule has 120 valence electrons. The van der Waals surface area contributed by atoms with Crippen LogP contribution in [0.2, 0.25) is 0 Å². The van der Waals surface area contributed by atoms with Gasteiger partial charge in [0.2, 0.25) is 0 Å². The van der Waals surface area contributed by atoms with Gasteiger partial charge in [0.05, 0.1) is 17.3 Å². The molecule has 2 N–H and O–H groups in total. The lowest BCUT2D eigenvalue weighted by Crippen LogP contribution is -2.32. The van der Waals surface area contributed by atoms with Crippen molar-refractivity contribution in [2.75, 3.05) is 24.2 Å². The molecule has 0 saturated carbocycles. The highest BCUT2D eigenvalue weighted by molar-refractivity contribution is 7.91. The Hall–Kier alpha value is -1.07. The number of benzene rings is 1. The van der Waals surface area contributed by atoms with Crippen LogP contribution in [0.1, 0.15) is 40.0 Å². The predicted octanol–water partition coefficient (Wildman–Crippen LogP) is 3.08. The zero-order chi connectivity index (χ0) is 15.9. The third kappa shape index (κ3) is 4.71. The summed E-state index contributed by atoms with van der Waals surface area (Å²) in [5, 5.41) is 12.8. The van der Waals surface area contributed by atoms with Crippen LogP contribution in [0.5, 0.6) is 0 Å². The summed E-state index contributed by atoms with van der Waals surface area (Å²) in [5.74, 6) is 0.180. The second-order valence-electron chi connectivity index (χ2n) is 5.56. The maximum atomic E-state index is 11.9. The van der Waals surface area contributed by atoms with Crippen LogP contribution in [-0.2, 0) is 9.84 Å². The van der Waals surface area contributed by atoms with E-state index in [0.29, 0.717) is 17.9 Å². The van der Waals surface area contributed by atoms with Crippen LogP contribution in [0.25, 0.3) is 0 Å². The van der Waals surface area contributed by atoms with Crippen molar-refractivity contribution >= 4 is 15.5 Å². The summed E-state index contributed by atoms with van der Waals surface area (Å²) in [6.07, 6.45) is 2.42. The van der Waals surface area contributed by atoms with Crippen molar-refractivity contribution in [2.24, 2.45) is 5.41 Å². The Morgan fingerprint density at radius 1 is 1.10 bits per heavy atom. The average molecular weight is 313 g/mol. The highest BCUT2D eigenvalue weighted by Gasteiger charge is 2.24. The van der Waals surface area contributed by atoms with Gasteiger partial charge in [-0.1, -0.05) is 20.8 Å². The molecule has 0 aliphatic carbocycles. The Morgan fingerprint density at radius 3 is 2.10 bits per heavy atom. The van der Waals surface area contributed by atoms with Crippen LogP contribution in [-0.4, -0.2) is 32.4 Å². The summed E-state index contributed by atoms with van der Waals surface area (Å²) >= 11 is 0. The van der Waals surface area contributed by atoms with Crippen LogP contribution in [0, 0.1) is 5.41 Å². The minimum atomic E-state index is -3.15. The van der Waals surface area contributed by atoms with Gasteiger partial charge >= 0.3 is 0 Å². The maximum absolute atomic E-state index is 11.9. The molecule has 0 radical (unpaired) electrons. The van der Waals surface area contributed by atoms with Crippen LogP contribution >= 0.6 is 0 Å². The number of aliphatic hydroxyl groups is 1. The van der Waals surface area contributed by atoms with Gasteiger partial charge in [-0.25, -0.2) is 8.42 Å². The minimum absolute atomic E-state index is 0.118. The molecular weight excluding hydrogens is 286 g/mol. The van der Waals surface area contributed by atoms with E-state index < -0.39 is 9.84 Å². The zero-order valence-corrected chi connectivity index (χ0v) is 14.0. The first-order chi connectivity index (χ1) is 9.93. The number of aliphatic hydroxyl groups excluding tert-OH is 1. The van der Waals surface area contributed by atoms with E-state index in [2.05, 4.69) is 19.2 Å².